The van der Waals surface area contributed by atoms with Gasteiger partial charge in [0.05, 0.1) is 35.4 Å². The second-order valence-corrected chi connectivity index (χ2v) is 10.3. The zero-order valence-corrected chi connectivity index (χ0v) is 20.7. The molecule has 0 unspecified atom stereocenters. The van der Waals surface area contributed by atoms with E-state index < -0.39 is 0 Å². The summed E-state index contributed by atoms with van der Waals surface area (Å²) in [5.41, 5.74) is 0.732. The van der Waals surface area contributed by atoms with E-state index in [2.05, 4.69) is 5.32 Å². The van der Waals surface area contributed by atoms with Gasteiger partial charge >= 0.3 is 0 Å². The number of carbonyl (C=O) groups excluding carboxylic acids is 2. The maximum atomic E-state index is 13.5. The minimum Gasteiger partial charge on any atom is -0.376 e. The largest absolute Gasteiger partial charge is 0.376 e. The van der Waals surface area contributed by atoms with Crippen LogP contribution in [0.4, 0.5) is 0 Å². The second kappa shape index (κ2) is 11.1. The zero-order valence-electron chi connectivity index (χ0n) is 19.9. The summed E-state index contributed by atoms with van der Waals surface area (Å²) in [6, 6.07) is 4.99. The molecule has 1 aromatic carbocycles. The van der Waals surface area contributed by atoms with E-state index in [-0.39, 0.29) is 35.3 Å². The van der Waals surface area contributed by atoms with E-state index in [9.17, 15) is 14.4 Å². The van der Waals surface area contributed by atoms with Crippen LogP contribution in [-0.4, -0.2) is 77.1 Å². The molecule has 3 fully saturated rings. The number of benzene rings is 1. The molecule has 10 heteroatoms. The number of carbonyl (C=O) groups is 2. The molecular formula is C25H32N4O5S. The third-order valence-electron chi connectivity index (χ3n) is 6.89. The van der Waals surface area contributed by atoms with Crippen molar-refractivity contribution in [3.8, 4) is 0 Å². The van der Waals surface area contributed by atoms with Crippen molar-refractivity contribution in [3.63, 3.8) is 0 Å². The molecular weight excluding hydrogens is 468 g/mol. The van der Waals surface area contributed by atoms with Gasteiger partial charge in [0.25, 0.3) is 11.5 Å². The number of thioether (sulfide) groups is 1. The van der Waals surface area contributed by atoms with Crippen LogP contribution in [0.25, 0.3) is 10.9 Å². The lowest BCUT2D eigenvalue weighted by Crippen LogP contribution is -2.32. The van der Waals surface area contributed by atoms with Gasteiger partial charge in [-0.05, 0) is 56.7 Å². The molecule has 0 bridgehead atoms. The predicted molar refractivity (Wildman–Crippen MR) is 133 cm³/mol. The van der Waals surface area contributed by atoms with Gasteiger partial charge in [-0.1, -0.05) is 11.8 Å². The zero-order chi connectivity index (χ0) is 24.2. The minimum absolute atomic E-state index is 0.0385. The number of amides is 2. The molecule has 2 atom stereocenters. The van der Waals surface area contributed by atoms with Crippen molar-refractivity contribution in [3.05, 3.63) is 34.1 Å². The quantitative estimate of drug-likeness (QED) is 0.438. The number of fused-ring (bicyclic) bond motifs is 1. The van der Waals surface area contributed by atoms with Crippen LogP contribution in [0.2, 0.25) is 0 Å². The first kappa shape index (κ1) is 24.3. The number of likely N-dealkylation sites (tertiary alicyclic amines) is 1. The molecule has 1 aromatic heterocycles. The monoisotopic (exact) mass is 500 g/mol. The molecule has 5 rings (SSSR count). The fraction of sp³-hybridized carbons (Fsp3) is 0.600. The maximum Gasteiger partial charge on any atom is 0.262 e. The van der Waals surface area contributed by atoms with Crippen LogP contribution < -0.4 is 10.9 Å². The van der Waals surface area contributed by atoms with Crippen LogP contribution in [0.1, 0.15) is 48.9 Å². The number of nitrogens with one attached hydrogen (secondary N) is 1. The van der Waals surface area contributed by atoms with E-state index >= 15 is 0 Å². The lowest BCUT2D eigenvalue weighted by atomic mass is 10.1. The third-order valence-corrected chi connectivity index (χ3v) is 7.85. The molecule has 4 heterocycles. The van der Waals surface area contributed by atoms with Gasteiger partial charge in [-0.25, -0.2) is 4.98 Å². The number of ether oxygens (including phenoxy) is 2. The van der Waals surface area contributed by atoms with Crippen LogP contribution in [0, 0.1) is 0 Å². The van der Waals surface area contributed by atoms with Crippen molar-refractivity contribution in [2.45, 2.75) is 62.4 Å². The molecule has 0 saturated carbocycles. The lowest BCUT2D eigenvalue weighted by Gasteiger charge is -2.18. The van der Waals surface area contributed by atoms with Gasteiger partial charge in [0.15, 0.2) is 5.16 Å². The average Bonchev–Trinajstić information content (AvgIpc) is 3.66. The third kappa shape index (κ3) is 5.70. The van der Waals surface area contributed by atoms with Gasteiger partial charge in [-0.15, -0.1) is 0 Å². The Labute approximate surface area is 208 Å². The molecule has 0 spiro atoms. The molecule has 3 saturated heterocycles. The van der Waals surface area contributed by atoms with Crippen molar-refractivity contribution in [1.29, 1.82) is 0 Å². The fourth-order valence-electron chi connectivity index (χ4n) is 4.90. The van der Waals surface area contributed by atoms with Gasteiger partial charge in [-0.2, -0.15) is 0 Å². The van der Waals surface area contributed by atoms with Crippen molar-refractivity contribution < 1.29 is 19.1 Å². The topological polar surface area (TPSA) is 103 Å². The molecule has 188 valence electrons. The van der Waals surface area contributed by atoms with Crippen molar-refractivity contribution in [2.24, 2.45) is 0 Å². The van der Waals surface area contributed by atoms with Crippen molar-refractivity contribution >= 4 is 34.5 Å². The Morgan fingerprint density at radius 1 is 1.06 bits per heavy atom. The van der Waals surface area contributed by atoms with E-state index in [4.69, 9.17) is 14.5 Å². The summed E-state index contributed by atoms with van der Waals surface area (Å²) in [5.74, 6) is 0.0734. The molecule has 3 aliphatic heterocycles. The average molecular weight is 501 g/mol. The summed E-state index contributed by atoms with van der Waals surface area (Å²) in [6.45, 7) is 3.88. The Balaban J connectivity index is 1.39. The van der Waals surface area contributed by atoms with Gasteiger partial charge in [0, 0.05) is 38.4 Å². The second-order valence-electron chi connectivity index (χ2n) is 9.40. The molecule has 0 radical (unpaired) electrons. The van der Waals surface area contributed by atoms with Gasteiger partial charge in [-0.3, -0.25) is 19.0 Å². The Morgan fingerprint density at radius 2 is 1.80 bits per heavy atom. The molecule has 2 amide bonds. The summed E-state index contributed by atoms with van der Waals surface area (Å²) in [4.78, 5) is 45.5. The molecule has 0 aliphatic carbocycles. The van der Waals surface area contributed by atoms with E-state index in [0.717, 1.165) is 58.2 Å². The van der Waals surface area contributed by atoms with Crippen LogP contribution >= 0.6 is 11.8 Å². The number of rotatable bonds is 8. The summed E-state index contributed by atoms with van der Waals surface area (Å²) >= 11 is 1.28. The predicted octanol–water partition coefficient (Wildman–Crippen LogP) is 2.20. The highest BCUT2D eigenvalue weighted by molar-refractivity contribution is 7.99. The number of hydrogen-bond donors (Lipinski definition) is 1. The van der Waals surface area contributed by atoms with Crippen molar-refractivity contribution in [2.75, 3.05) is 38.6 Å². The van der Waals surface area contributed by atoms with E-state index in [0.29, 0.717) is 41.3 Å². The number of hydrogen-bond acceptors (Lipinski definition) is 7. The lowest BCUT2D eigenvalue weighted by molar-refractivity contribution is -0.127. The van der Waals surface area contributed by atoms with Crippen molar-refractivity contribution in [1.82, 2.24) is 19.8 Å². The van der Waals surface area contributed by atoms with E-state index in [1.807, 2.05) is 4.90 Å². The van der Waals surface area contributed by atoms with Gasteiger partial charge in [0.1, 0.15) is 0 Å². The van der Waals surface area contributed by atoms with Crippen LogP contribution in [0.15, 0.2) is 28.2 Å². The van der Waals surface area contributed by atoms with E-state index in [1.54, 1.807) is 22.8 Å². The highest BCUT2D eigenvalue weighted by atomic mass is 32.2. The highest BCUT2D eigenvalue weighted by Crippen LogP contribution is 2.23. The number of aromatic nitrogens is 2. The Kier molecular flexibility index (Phi) is 7.69. The van der Waals surface area contributed by atoms with E-state index in [1.165, 1.54) is 11.8 Å². The molecule has 35 heavy (non-hydrogen) atoms. The smallest absolute Gasteiger partial charge is 0.262 e. The van der Waals surface area contributed by atoms with Gasteiger partial charge in [0.2, 0.25) is 5.91 Å². The normalized spacial score (nSPS) is 22.2. The maximum absolute atomic E-state index is 13.5. The fourth-order valence-corrected chi connectivity index (χ4v) is 5.81. The summed E-state index contributed by atoms with van der Waals surface area (Å²) in [6.07, 6.45) is 5.91. The van der Waals surface area contributed by atoms with Crippen LogP contribution in [0.3, 0.4) is 0 Å². The van der Waals surface area contributed by atoms with Gasteiger partial charge < -0.3 is 19.7 Å². The Morgan fingerprint density at radius 3 is 2.51 bits per heavy atom. The summed E-state index contributed by atoms with van der Waals surface area (Å²) < 4.78 is 13.0. The Bertz CT molecular complexity index is 1130. The first-order valence-corrected chi connectivity index (χ1v) is 13.5. The van der Waals surface area contributed by atoms with Crippen LogP contribution in [0.5, 0.6) is 0 Å². The molecule has 9 nitrogen and oxygen atoms in total. The summed E-state index contributed by atoms with van der Waals surface area (Å²) in [7, 11) is 0. The number of nitrogens with zero attached hydrogens (tertiary/aromatic N) is 3. The molecule has 1 N–H and O–H groups in total. The molecule has 3 aliphatic rings. The SMILES string of the molecule is O=C(NC[C@H]1CCCO1)c1ccc2c(=O)n(C[C@H]3CCCO3)c(SCC(=O)N3CCCC3)nc2c1. The molecule has 2 aromatic rings. The van der Waals surface area contributed by atoms with Crippen LogP contribution in [-0.2, 0) is 20.8 Å². The minimum atomic E-state index is -0.217. The Hall–Kier alpha value is -2.43. The first-order valence-electron chi connectivity index (χ1n) is 12.5. The standard InChI is InChI=1S/C25H32N4O5S/c30-22(28-9-1-2-10-28)16-35-25-27-21-13-17(23(31)26-14-18-5-3-11-33-18)7-8-20(21)24(32)29(25)15-19-6-4-12-34-19/h7-8,13,18-19H,1-6,9-12,14-16H2,(H,26,31)/t18-,19-/m1/s1. The first-order chi connectivity index (χ1) is 17.1. The summed E-state index contributed by atoms with van der Waals surface area (Å²) in [5, 5.41) is 3.86. The highest BCUT2D eigenvalue weighted by Gasteiger charge is 2.23.